The fraction of sp³-hybridized carbons (Fsp3) is 0.333. The molecule has 0 bridgehead atoms. The van der Waals surface area contributed by atoms with Crippen LogP contribution in [0.4, 0.5) is 0 Å². The Hall–Kier alpha value is -2.18. The van der Waals surface area contributed by atoms with Crippen LogP contribution in [0, 0.1) is 6.92 Å². The van der Waals surface area contributed by atoms with Crippen LogP contribution in [0.25, 0.3) is 15.9 Å². The van der Waals surface area contributed by atoms with E-state index >= 15 is 0 Å². The molecule has 1 N–H and O–H groups in total. The molecule has 1 fully saturated rings. The van der Waals surface area contributed by atoms with Crippen LogP contribution >= 0.6 is 11.3 Å². The number of hydrogen-bond acceptors (Lipinski definition) is 4. The Morgan fingerprint density at radius 3 is 2.88 bits per heavy atom. The molecule has 1 amide bonds. The lowest BCUT2D eigenvalue weighted by Crippen LogP contribution is -2.52. The van der Waals surface area contributed by atoms with Crippen LogP contribution < -0.4 is 5.32 Å². The Kier molecular flexibility index (Phi) is 3.86. The van der Waals surface area contributed by atoms with E-state index in [4.69, 9.17) is 0 Å². The number of rotatable bonds is 2. The summed E-state index contributed by atoms with van der Waals surface area (Å²) >= 11 is 1.53. The highest BCUT2D eigenvalue weighted by Gasteiger charge is 2.26. The number of fused-ring (bicyclic) bond motifs is 1. The Morgan fingerprint density at radius 1 is 1.33 bits per heavy atom. The summed E-state index contributed by atoms with van der Waals surface area (Å²) in [7, 11) is 0. The number of nitrogens with one attached hydrogen (secondary N) is 1. The Morgan fingerprint density at radius 2 is 2.12 bits per heavy atom. The number of para-hydroxylation sites is 1. The standard InChI is InChI=1S/C18H20N4OS/c1-12-11-19-8-9-21(12)17(23)16-10-15-13(2)20-22(18(15)24-16)14-6-4-3-5-7-14/h3-7,10,12,19H,8-9,11H2,1-2H3. The molecular formula is C18H20N4OS. The molecule has 1 aliphatic rings. The van der Waals surface area contributed by atoms with Crippen molar-refractivity contribution >= 4 is 27.5 Å². The predicted octanol–water partition coefficient (Wildman–Crippen LogP) is 2.83. The van der Waals surface area contributed by atoms with Gasteiger partial charge in [-0.1, -0.05) is 18.2 Å². The minimum absolute atomic E-state index is 0.129. The van der Waals surface area contributed by atoms with E-state index in [1.54, 1.807) is 0 Å². The molecule has 2 aromatic heterocycles. The molecule has 1 aliphatic heterocycles. The van der Waals surface area contributed by atoms with Crippen LogP contribution in [-0.4, -0.2) is 46.3 Å². The second-order valence-corrected chi connectivity index (χ2v) is 7.24. The van der Waals surface area contributed by atoms with Crippen molar-refractivity contribution < 1.29 is 4.79 Å². The van der Waals surface area contributed by atoms with Gasteiger partial charge in [0, 0.05) is 31.1 Å². The van der Waals surface area contributed by atoms with Crippen LogP contribution in [0.1, 0.15) is 22.3 Å². The van der Waals surface area contributed by atoms with E-state index in [1.165, 1.54) is 11.3 Å². The summed E-state index contributed by atoms with van der Waals surface area (Å²) in [6.45, 7) is 6.56. The van der Waals surface area contributed by atoms with Gasteiger partial charge in [-0.2, -0.15) is 5.10 Å². The zero-order valence-corrected chi connectivity index (χ0v) is 14.6. The zero-order chi connectivity index (χ0) is 16.7. The van der Waals surface area contributed by atoms with E-state index in [9.17, 15) is 4.79 Å². The number of aromatic nitrogens is 2. The number of carbonyl (C=O) groups is 1. The monoisotopic (exact) mass is 340 g/mol. The van der Waals surface area contributed by atoms with E-state index in [1.807, 2.05) is 52.9 Å². The molecule has 0 saturated carbocycles. The van der Waals surface area contributed by atoms with Crippen LogP contribution in [0.2, 0.25) is 0 Å². The third-order valence-corrected chi connectivity index (χ3v) is 5.62. The molecule has 3 aromatic rings. The summed E-state index contributed by atoms with van der Waals surface area (Å²) < 4.78 is 1.94. The van der Waals surface area contributed by atoms with E-state index in [2.05, 4.69) is 17.3 Å². The molecule has 124 valence electrons. The van der Waals surface area contributed by atoms with E-state index < -0.39 is 0 Å². The van der Waals surface area contributed by atoms with Crippen LogP contribution in [-0.2, 0) is 0 Å². The second kappa shape index (κ2) is 6.03. The van der Waals surface area contributed by atoms with Crippen LogP contribution in [0.5, 0.6) is 0 Å². The number of benzene rings is 1. The SMILES string of the molecule is Cc1nn(-c2ccccc2)c2sc(C(=O)N3CCNCC3C)cc12. The largest absolute Gasteiger partial charge is 0.333 e. The smallest absolute Gasteiger partial charge is 0.264 e. The summed E-state index contributed by atoms with van der Waals surface area (Å²) in [5, 5.41) is 9.03. The fourth-order valence-electron chi connectivity index (χ4n) is 3.18. The van der Waals surface area contributed by atoms with E-state index in [0.717, 1.165) is 46.1 Å². The molecule has 1 unspecified atom stereocenters. The van der Waals surface area contributed by atoms with Gasteiger partial charge in [0.2, 0.25) is 0 Å². The topological polar surface area (TPSA) is 50.2 Å². The maximum absolute atomic E-state index is 12.9. The highest BCUT2D eigenvalue weighted by atomic mass is 32.1. The molecule has 1 aromatic carbocycles. The lowest BCUT2D eigenvalue weighted by atomic mass is 10.2. The van der Waals surface area contributed by atoms with Crippen LogP contribution in [0.3, 0.4) is 0 Å². The van der Waals surface area contributed by atoms with Gasteiger partial charge in [-0.15, -0.1) is 11.3 Å². The van der Waals surface area contributed by atoms with Crippen molar-refractivity contribution in [1.82, 2.24) is 20.0 Å². The quantitative estimate of drug-likeness (QED) is 0.780. The Bertz CT molecular complexity index is 883. The van der Waals surface area contributed by atoms with Gasteiger partial charge in [-0.05, 0) is 32.0 Å². The number of aryl methyl sites for hydroxylation is 1. The number of thiophene rings is 1. The molecule has 0 aliphatic carbocycles. The van der Waals surface area contributed by atoms with Crippen LogP contribution in [0.15, 0.2) is 36.4 Å². The third-order valence-electron chi connectivity index (χ3n) is 4.52. The summed E-state index contributed by atoms with van der Waals surface area (Å²) in [6.07, 6.45) is 0. The molecule has 6 heteroatoms. The lowest BCUT2D eigenvalue weighted by molar-refractivity contribution is 0.0661. The summed E-state index contributed by atoms with van der Waals surface area (Å²) in [5.41, 5.74) is 1.98. The maximum atomic E-state index is 12.9. The molecule has 0 spiro atoms. The van der Waals surface area contributed by atoms with Crippen molar-refractivity contribution in [3.05, 3.63) is 47.0 Å². The number of amides is 1. The summed E-state index contributed by atoms with van der Waals surface area (Å²) in [5.74, 6) is 0.129. The Balaban J connectivity index is 1.75. The number of nitrogens with zero attached hydrogens (tertiary/aromatic N) is 3. The van der Waals surface area contributed by atoms with E-state index in [0.29, 0.717) is 0 Å². The Labute approximate surface area is 144 Å². The highest BCUT2D eigenvalue weighted by molar-refractivity contribution is 7.20. The fourth-order valence-corrected chi connectivity index (χ4v) is 4.32. The number of carbonyl (C=O) groups excluding carboxylic acids is 1. The first kappa shape index (κ1) is 15.4. The van der Waals surface area contributed by atoms with Crippen molar-refractivity contribution in [2.75, 3.05) is 19.6 Å². The van der Waals surface area contributed by atoms with Crippen molar-refractivity contribution in [2.45, 2.75) is 19.9 Å². The van der Waals surface area contributed by atoms with Gasteiger partial charge in [0.25, 0.3) is 5.91 Å². The van der Waals surface area contributed by atoms with Gasteiger partial charge >= 0.3 is 0 Å². The van der Waals surface area contributed by atoms with Gasteiger partial charge in [0.15, 0.2) is 0 Å². The van der Waals surface area contributed by atoms with Crippen molar-refractivity contribution in [1.29, 1.82) is 0 Å². The van der Waals surface area contributed by atoms with Gasteiger partial charge in [-0.3, -0.25) is 4.79 Å². The van der Waals surface area contributed by atoms with Crippen molar-refractivity contribution in [2.24, 2.45) is 0 Å². The molecule has 3 heterocycles. The highest BCUT2D eigenvalue weighted by Crippen LogP contribution is 2.31. The minimum Gasteiger partial charge on any atom is -0.333 e. The zero-order valence-electron chi connectivity index (χ0n) is 13.8. The maximum Gasteiger partial charge on any atom is 0.264 e. The molecule has 1 atom stereocenters. The lowest BCUT2D eigenvalue weighted by Gasteiger charge is -2.33. The summed E-state index contributed by atoms with van der Waals surface area (Å²) in [6, 6.07) is 12.3. The molecule has 5 nitrogen and oxygen atoms in total. The average Bonchev–Trinajstić information content (AvgIpc) is 3.16. The number of hydrogen-bond donors (Lipinski definition) is 1. The molecule has 4 rings (SSSR count). The van der Waals surface area contributed by atoms with Gasteiger partial charge in [0.1, 0.15) is 4.83 Å². The normalized spacial score (nSPS) is 18.2. The second-order valence-electron chi connectivity index (χ2n) is 6.21. The predicted molar refractivity (Wildman–Crippen MR) is 97.1 cm³/mol. The molecule has 0 radical (unpaired) electrons. The average molecular weight is 340 g/mol. The van der Waals surface area contributed by atoms with Gasteiger partial charge < -0.3 is 10.2 Å². The third kappa shape index (κ3) is 2.52. The minimum atomic E-state index is 0.129. The van der Waals surface area contributed by atoms with Gasteiger partial charge in [0.05, 0.1) is 16.3 Å². The van der Waals surface area contributed by atoms with Crippen molar-refractivity contribution in [3.63, 3.8) is 0 Å². The van der Waals surface area contributed by atoms with Crippen molar-refractivity contribution in [3.8, 4) is 5.69 Å². The molecule has 1 saturated heterocycles. The molecule has 24 heavy (non-hydrogen) atoms. The first-order valence-corrected chi connectivity index (χ1v) is 9.03. The first-order chi connectivity index (χ1) is 11.6. The van der Waals surface area contributed by atoms with Gasteiger partial charge in [-0.25, -0.2) is 4.68 Å². The number of piperazine rings is 1. The molecular weight excluding hydrogens is 320 g/mol. The summed E-state index contributed by atoms with van der Waals surface area (Å²) in [4.78, 5) is 16.7. The first-order valence-electron chi connectivity index (χ1n) is 8.21. The van der Waals surface area contributed by atoms with E-state index in [-0.39, 0.29) is 11.9 Å².